The van der Waals surface area contributed by atoms with Crippen LogP contribution in [0.1, 0.15) is 13.8 Å². The van der Waals surface area contributed by atoms with E-state index >= 15 is 0 Å². The number of Topliss-reactive ketones (excluding diaryl/α,β-unsaturated/α-hetero) is 1. The van der Waals surface area contributed by atoms with E-state index in [1.807, 2.05) is 13.8 Å². The molecule has 0 aliphatic heterocycles. The standard InChI is InChI=1S/C7H10O2S/c1-7(2)4-5(6(7)8)10(3)9/h4H,1-3H3. The van der Waals surface area contributed by atoms with Crippen molar-refractivity contribution in [3.05, 3.63) is 11.0 Å². The number of carbonyl (C=O) groups is 1. The second-order valence-corrected chi connectivity index (χ2v) is 4.36. The van der Waals surface area contributed by atoms with Gasteiger partial charge in [0, 0.05) is 11.7 Å². The second-order valence-electron chi connectivity index (χ2n) is 3.01. The fourth-order valence-electron chi connectivity index (χ4n) is 0.912. The smallest absolute Gasteiger partial charge is 0.180 e. The Morgan fingerprint density at radius 2 is 2.00 bits per heavy atom. The molecule has 0 saturated carbocycles. The average Bonchev–Trinajstić information content (AvgIpc) is 1.82. The van der Waals surface area contributed by atoms with Crippen molar-refractivity contribution in [3.8, 4) is 0 Å². The van der Waals surface area contributed by atoms with Gasteiger partial charge in [-0.05, 0) is 13.8 Å². The van der Waals surface area contributed by atoms with Gasteiger partial charge in [-0.15, -0.1) is 0 Å². The van der Waals surface area contributed by atoms with Gasteiger partial charge in [-0.25, -0.2) is 0 Å². The monoisotopic (exact) mass is 158 g/mol. The largest absolute Gasteiger partial charge is 0.293 e. The first-order chi connectivity index (χ1) is 4.45. The van der Waals surface area contributed by atoms with E-state index in [9.17, 15) is 9.00 Å². The second kappa shape index (κ2) is 2.02. The molecule has 0 bridgehead atoms. The van der Waals surface area contributed by atoms with E-state index in [4.69, 9.17) is 0 Å². The summed E-state index contributed by atoms with van der Waals surface area (Å²) in [5.41, 5.74) is -0.360. The molecule has 1 aliphatic rings. The molecule has 0 aromatic heterocycles. The highest BCUT2D eigenvalue weighted by Gasteiger charge is 2.39. The lowest BCUT2D eigenvalue weighted by Crippen LogP contribution is -2.34. The van der Waals surface area contributed by atoms with E-state index in [2.05, 4.69) is 0 Å². The molecule has 1 atom stereocenters. The molecule has 0 heterocycles. The molecule has 0 saturated heterocycles. The molecule has 0 radical (unpaired) electrons. The number of hydrogen-bond acceptors (Lipinski definition) is 2. The van der Waals surface area contributed by atoms with E-state index < -0.39 is 10.8 Å². The maximum atomic E-state index is 11.1. The zero-order chi connectivity index (χ0) is 7.94. The third-order valence-electron chi connectivity index (χ3n) is 1.61. The van der Waals surface area contributed by atoms with Gasteiger partial charge in [0.05, 0.1) is 15.7 Å². The van der Waals surface area contributed by atoms with Gasteiger partial charge in [0.15, 0.2) is 5.78 Å². The SMILES string of the molecule is CS(=O)C1=CC(C)(C)C1=O. The lowest BCUT2D eigenvalue weighted by Gasteiger charge is -2.28. The van der Waals surface area contributed by atoms with Crippen LogP contribution in [0.2, 0.25) is 0 Å². The molecule has 1 unspecified atom stereocenters. The first-order valence-corrected chi connectivity index (χ1v) is 4.62. The summed E-state index contributed by atoms with van der Waals surface area (Å²) in [6.45, 7) is 3.65. The van der Waals surface area contributed by atoms with Gasteiger partial charge in [0.1, 0.15) is 0 Å². The zero-order valence-electron chi connectivity index (χ0n) is 6.30. The summed E-state index contributed by atoms with van der Waals surface area (Å²) in [4.78, 5) is 11.5. The Hall–Kier alpha value is -0.440. The Bertz CT molecular complexity index is 238. The molecule has 0 N–H and O–H groups in total. The minimum Gasteiger partial charge on any atom is -0.293 e. The Balaban J connectivity index is 2.92. The van der Waals surface area contributed by atoms with Crippen molar-refractivity contribution < 1.29 is 9.00 Å². The van der Waals surface area contributed by atoms with Crippen LogP contribution < -0.4 is 0 Å². The molecule has 0 aromatic rings. The minimum absolute atomic E-state index is 0.0216. The maximum Gasteiger partial charge on any atom is 0.180 e. The van der Waals surface area contributed by atoms with Gasteiger partial charge >= 0.3 is 0 Å². The summed E-state index contributed by atoms with van der Waals surface area (Å²) < 4.78 is 10.7. The average molecular weight is 158 g/mol. The van der Waals surface area contributed by atoms with Crippen LogP contribution in [0.4, 0.5) is 0 Å². The van der Waals surface area contributed by atoms with Gasteiger partial charge in [0.2, 0.25) is 0 Å². The van der Waals surface area contributed by atoms with E-state index in [-0.39, 0.29) is 11.2 Å². The molecule has 2 nitrogen and oxygen atoms in total. The van der Waals surface area contributed by atoms with Gasteiger partial charge in [0.25, 0.3) is 0 Å². The predicted octanol–water partition coefficient (Wildman–Crippen LogP) is 0.858. The molecule has 1 aliphatic carbocycles. The zero-order valence-corrected chi connectivity index (χ0v) is 7.12. The molecule has 0 fully saturated rings. The molecule has 0 amide bonds. The van der Waals surface area contributed by atoms with Crippen LogP contribution in [0.5, 0.6) is 0 Å². The van der Waals surface area contributed by atoms with Crippen LogP contribution in [0.25, 0.3) is 0 Å². The third kappa shape index (κ3) is 0.944. The lowest BCUT2D eigenvalue weighted by molar-refractivity contribution is -0.122. The van der Waals surface area contributed by atoms with Crippen molar-refractivity contribution in [2.45, 2.75) is 13.8 Å². The van der Waals surface area contributed by atoms with E-state index in [0.717, 1.165) is 0 Å². The number of allylic oxidation sites excluding steroid dienone is 2. The number of ketones is 1. The van der Waals surface area contributed by atoms with Crippen molar-refractivity contribution in [1.82, 2.24) is 0 Å². The van der Waals surface area contributed by atoms with Crippen molar-refractivity contribution in [3.63, 3.8) is 0 Å². The minimum atomic E-state index is -1.09. The quantitative estimate of drug-likeness (QED) is 0.567. The first-order valence-electron chi connectivity index (χ1n) is 3.06. The summed E-state index contributed by atoms with van der Waals surface area (Å²) in [5.74, 6) is 0.0216. The predicted molar refractivity (Wildman–Crippen MR) is 40.9 cm³/mol. The molecule has 1 rings (SSSR count). The van der Waals surface area contributed by atoms with Crippen LogP contribution in [-0.2, 0) is 15.6 Å². The molecule has 3 heteroatoms. The van der Waals surface area contributed by atoms with Crippen LogP contribution >= 0.6 is 0 Å². The van der Waals surface area contributed by atoms with Gasteiger partial charge in [-0.1, -0.05) is 6.08 Å². The summed E-state index contributed by atoms with van der Waals surface area (Å²) >= 11 is 0. The highest BCUT2D eigenvalue weighted by Crippen LogP contribution is 2.34. The maximum absolute atomic E-state index is 11.1. The molecule has 10 heavy (non-hydrogen) atoms. The fraction of sp³-hybridized carbons (Fsp3) is 0.571. The Kier molecular flexibility index (Phi) is 1.55. The Morgan fingerprint density at radius 1 is 1.50 bits per heavy atom. The van der Waals surface area contributed by atoms with Crippen LogP contribution in [0, 0.1) is 5.41 Å². The summed E-state index contributed by atoms with van der Waals surface area (Å²) in [6, 6.07) is 0. The van der Waals surface area contributed by atoms with Crippen molar-refractivity contribution in [2.24, 2.45) is 5.41 Å². The van der Waals surface area contributed by atoms with Crippen LogP contribution in [0.3, 0.4) is 0 Å². The molecular weight excluding hydrogens is 148 g/mol. The van der Waals surface area contributed by atoms with Crippen molar-refractivity contribution >= 4 is 16.6 Å². The summed E-state index contributed by atoms with van der Waals surface area (Å²) in [6.07, 6.45) is 3.30. The van der Waals surface area contributed by atoms with Gasteiger partial charge < -0.3 is 0 Å². The molecule has 56 valence electrons. The highest BCUT2D eigenvalue weighted by atomic mass is 32.2. The van der Waals surface area contributed by atoms with E-state index in [1.165, 1.54) is 6.26 Å². The topological polar surface area (TPSA) is 34.1 Å². The van der Waals surface area contributed by atoms with Crippen molar-refractivity contribution in [1.29, 1.82) is 0 Å². The Labute approximate surface area is 62.8 Å². The third-order valence-corrected chi connectivity index (χ3v) is 2.53. The molecule has 0 spiro atoms. The summed E-state index contributed by atoms with van der Waals surface area (Å²) in [5, 5.41) is 0. The lowest BCUT2D eigenvalue weighted by atomic mass is 9.79. The first kappa shape index (κ1) is 7.66. The molecule has 0 aromatic carbocycles. The number of rotatable bonds is 1. The summed E-state index contributed by atoms with van der Waals surface area (Å²) in [7, 11) is -1.09. The van der Waals surface area contributed by atoms with Crippen LogP contribution in [0.15, 0.2) is 11.0 Å². The number of hydrogen-bond donors (Lipinski definition) is 0. The van der Waals surface area contributed by atoms with Crippen LogP contribution in [-0.4, -0.2) is 16.2 Å². The Morgan fingerprint density at radius 3 is 2.10 bits per heavy atom. The number of carbonyl (C=O) groups excluding carboxylic acids is 1. The van der Waals surface area contributed by atoms with Gasteiger partial charge in [-0.3, -0.25) is 9.00 Å². The van der Waals surface area contributed by atoms with Crippen molar-refractivity contribution in [2.75, 3.05) is 6.26 Å². The van der Waals surface area contributed by atoms with E-state index in [1.54, 1.807) is 6.08 Å². The molecular formula is C7H10O2S. The van der Waals surface area contributed by atoms with E-state index in [0.29, 0.717) is 4.91 Å². The normalized spacial score (nSPS) is 25.1. The van der Waals surface area contributed by atoms with Gasteiger partial charge in [-0.2, -0.15) is 0 Å². The fourth-order valence-corrected chi connectivity index (χ4v) is 1.90. The highest BCUT2D eigenvalue weighted by molar-refractivity contribution is 7.89.